The van der Waals surface area contributed by atoms with Gasteiger partial charge in [0.2, 0.25) is 5.91 Å². The Bertz CT molecular complexity index is 1200. The number of hydrogen-bond acceptors (Lipinski definition) is 4. The van der Waals surface area contributed by atoms with Crippen molar-refractivity contribution in [3.63, 3.8) is 0 Å². The zero-order chi connectivity index (χ0) is 23.3. The molecule has 0 aliphatic rings. The normalized spacial score (nSPS) is 12.2. The van der Waals surface area contributed by atoms with Gasteiger partial charge in [-0.2, -0.15) is 0 Å². The number of carbonyl (C=O) groups excluding carboxylic acids is 1. The molecule has 0 fully saturated rings. The van der Waals surface area contributed by atoms with Crippen molar-refractivity contribution in [3.05, 3.63) is 81.8 Å². The van der Waals surface area contributed by atoms with Gasteiger partial charge in [0, 0.05) is 20.6 Å². The topological polar surface area (TPSA) is 75.3 Å². The first kappa shape index (κ1) is 24.7. The Kier molecular flexibility index (Phi) is 8.36. The molecule has 0 unspecified atom stereocenters. The number of amides is 1. The molecule has 3 rings (SSSR count). The van der Waals surface area contributed by atoms with E-state index in [4.69, 9.17) is 34.8 Å². The fourth-order valence-electron chi connectivity index (χ4n) is 2.72. The van der Waals surface area contributed by atoms with Crippen LogP contribution in [0, 0.1) is 0 Å². The van der Waals surface area contributed by atoms with Gasteiger partial charge in [-0.15, -0.1) is 11.8 Å². The molecule has 10 heteroatoms. The van der Waals surface area contributed by atoms with Gasteiger partial charge in [-0.3, -0.25) is 9.52 Å². The van der Waals surface area contributed by atoms with Crippen molar-refractivity contribution in [2.75, 3.05) is 10.0 Å². The molecule has 5 nitrogen and oxygen atoms in total. The van der Waals surface area contributed by atoms with Crippen LogP contribution in [-0.2, 0) is 14.8 Å². The van der Waals surface area contributed by atoms with Crippen LogP contribution in [0.1, 0.15) is 13.3 Å². The molecule has 2 N–H and O–H groups in total. The molecule has 32 heavy (non-hydrogen) atoms. The quantitative estimate of drug-likeness (QED) is 0.309. The van der Waals surface area contributed by atoms with E-state index in [9.17, 15) is 13.2 Å². The van der Waals surface area contributed by atoms with E-state index >= 15 is 0 Å². The average Bonchev–Trinajstić information content (AvgIpc) is 2.75. The van der Waals surface area contributed by atoms with Crippen LogP contribution in [0.15, 0.2) is 76.5 Å². The Morgan fingerprint density at radius 1 is 0.938 bits per heavy atom. The summed E-state index contributed by atoms with van der Waals surface area (Å²) in [7, 11) is -3.86. The van der Waals surface area contributed by atoms with Crippen molar-refractivity contribution < 1.29 is 13.2 Å². The number of benzene rings is 3. The number of nitrogens with one attached hydrogen (secondary N) is 2. The highest BCUT2D eigenvalue weighted by Gasteiger charge is 2.19. The summed E-state index contributed by atoms with van der Waals surface area (Å²) >= 11 is 19.2. The number of hydrogen-bond donors (Lipinski definition) is 2. The van der Waals surface area contributed by atoms with Gasteiger partial charge in [0.25, 0.3) is 10.0 Å². The summed E-state index contributed by atoms with van der Waals surface area (Å²) in [5, 5.41) is 3.74. The average molecular weight is 530 g/mol. The van der Waals surface area contributed by atoms with Gasteiger partial charge in [0.15, 0.2) is 0 Å². The lowest BCUT2D eigenvalue weighted by Crippen LogP contribution is -2.24. The SMILES string of the molecule is CC[C@H](Sc1ccc(Cl)cc1)C(=O)Nc1ccc(S(=O)(=O)Nc2ccc(Cl)cc2Cl)cc1. The molecule has 0 saturated heterocycles. The Morgan fingerprint density at radius 3 is 2.16 bits per heavy atom. The first-order chi connectivity index (χ1) is 15.2. The maximum Gasteiger partial charge on any atom is 0.261 e. The van der Waals surface area contributed by atoms with E-state index in [-0.39, 0.29) is 26.8 Å². The first-order valence-corrected chi connectivity index (χ1v) is 13.0. The van der Waals surface area contributed by atoms with Gasteiger partial charge in [-0.05, 0) is 73.2 Å². The Morgan fingerprint density at radius 2 is 1.56 bits per heavy atom. The van der Waals surface area contributed by atoms with Crippen molar-refractivity contribution in [1.29, 1.82) is 0 Å². The maximum atomic E-state index is 12.7. The number of halogens is 3. The van der Waals surface area contributed by atoms with E-state index in [2.05, 4.69) is 10.0 Å². The van der Waals surface area contributed by atoms with Crippen molar-refractivity contribution in [2.24, 2.45) is 0 Å². The minimum atomic E-state index is -3.86. The number of thioether (sulfide) groups is 1. The second kappa shape index (κ2) is 10.8. The summed E-state index contributed by atoms with van der Waals surface area (Å²) in [4.78, 5) is 13.7. The molecular weight excluding hydrogens is 511 g/mol. The van der Waals surface area contributed by atoms with Gasteiger partial charge >= 0.3 is 0 Å². The monoisotopic (exact) mass is 528 g/mol. The number of carbonyl (C=O) groups is 1. The summed E-state index contributed by atoms with van der Waals surface area (Å²) in [5.74, 6) is -0.172. The molecule has 0 spiro atoms. The molecule has 1 amide bonds. The molecule has 0 saturated carbocycles. The summed E-state index contributed by atoms with van der Waals surface area (Å²) in [6.07, 6.45) is 0.622. The lowest BCUT2D eigenvalue weighted by molar-refractivity contribution is -0.115. The first-order valence-electron chi connectivity index (χ1n) is 9.49. The summed E-state index contributed by atoms with van der Waals surface area (Å²) in [5.41, 5.74) is 0.715. The van der Waals surface area contributed by atoms with Gasteiger partial charge in [-0.1, -0.05) is 41.7 Å². The predicted molar refractivity (Wildman–Crippen MR) is 134 cm³/mol. The third-order valence-electron chi connectivity index (χ3n) is 4.36. The highest BCUT2D eigenvalue weighted by atomic mass is 35.5. The molecule has 0 heterocycles. The minimum Gasteiger partial charge on any atom is -0.325 e. The fourth-order valence-corrected chi connectivity index (χ4v) is 5.39. The number of rotatable bonds is 8. The van der Waals surface area contributed by atoms with Crippen molar-refractivity contribution in [1.82, 2.24) is 0 Å². The van der Waals surface area contributed by atoms with E-state index < -0.39 is 10.0 Å². The van der Waals surface area contributed by atoms with E-state index in [1.807, 2.05) is 19.1 Å². The van der Waals surface area contributed by atoms with Crippen LogP contribution in [0.25, 0.3) is 0 Å². The van der Waals surface area contributed by atoms with E-state index in [0.29, 0.717) is 22.2 Å². The Labute approximate surface area is 206 Å². The number of sulfonamides is 1. The van der Waals surface area contributed by atoms with Crippen LogP contribution >= 0.6 is 46.6 Å². The van der Waals surface area contributed by atoms with Crippen LogP contribution in [0.4, 0.5) is 11.4 Å². The minimum absolute atomic E-state index is 0.0316. The molecule has 3 aromatic carbocycles. The number of anilines is 2. The summed E-state index contributed by atoms with van der Waals surface area (Å²) < 4.78 is 27.7. The van der Waals surface area contributed by atoms with Crippen molar-refractivity contribution in [2.45, 2.75) is 28.4 Å². The molecular formula is C22H19Cl3N2O3S2. The molecule has 1 atom stereocenters. The van der Waals surface area contributed by atoms with Crippen LogP contribution in [-0.4, -0.2) is 19.6 Å². The van der Waals surface area contributed by atoms with Crippen molar-refractivity contribution >= 4 is 73.9 Å². The third-order valence-corrected chi connectivity index (χ3v) is 7.92. The smallest absolute Gasteiger partial charge is 0.261 e. The van der Waals surface area contributed by atoms with Crippen molar-refractivity contribution in [3.8, 4) is 0 Å². The van der Waals surface area contributed by atoms with Crippen LogP contribution < -0.4 is 10.0 Å². The van der Waals surface area contributed by atoms with E-state index in [1.54, 1.807) is 12.1 Å². The van der Waals surface area contributed by atoms with E-state index in [1.165, 1.54) is 54.2 Å². The molecule has 168 valence electrons. The molecule has 0 bridgehead atoms. The molecule has 0 aliphatic carbocycles. The standard InChI is InChI=1S/C22H19Cl3N2O3S2/c1-2-21(31-17-8-3-14(23)4-9-17)22(28)26-16-6-10-18(11-7-16)32(29,30)27-20-12-5-15(24)13-19(20)25/h3-13,21,27H,2H2,1H3,(H,26,28)/t21-/m0/s1. The second-order valence-electron chi connectivity index (χ2n) is 6.71. The van der Waals surface area contributed by atoms with Crippen LogP contribution in [0.5, 0.6) is 0 Å². The zero-order valence-electron chi connectivity index (χ0n) is 16.8. The second-order valence-corrected chi connectivity index (χ2v) is 11.0. The largest absolute Gasteiger partial charge is 0.325 e. The Balaban J connectivity index is 1.67. The highest BCUT2D eigenvalue weighted by molar-refractivity contribution is 8.00. The zero-order valence-corrected chi connectivity index (χ0v) is 20.7. The van der Waals surface area contributed by atoms with Crippen LogP contribution in [0.3, 0.4) is 0 Å². The Hall–Kier alpha value is -1.90. The lowest BCUT2D eigenvalue weighted by atomic mass is 10.3. The highest BCUT2D eigenvalue weighted by Crippen LogP contribution is 2.29. The molecule has 3 aromatic rings. The van der Waals surface area contributed by atoms with Crippen LogP contribution in [0.2, 0.25) is 15.1 Å². The van der Waals surface area contributed by atoms with Gasteiger partial charge in [-0.25, -0.2) is 8.42 Å². The van der Waals surface area contributed by atoms with Gasteiger partial charge < -0.3 is 5.32 Å². The summed E-state index contributed by atoms with van der Waals surface area (Å²) in [6, 6.07) is 17.7. The maximum absolute atomic E-state index is 12.7. The molecule has 0 radical (unpaired) electrons. The summed E-state index contributed by atoms with van der Waals surface area (Å²) in [6.45, 7) is 1.93. The van der Waals surface area contributed by atoms with Gasteiger partial charge in [0.05, 0.1) is 20.9 Å². The predicted octanol–water partition coefficient (Wildman–Crippen LogP) is 6.96. The fraction of sp³-hybridized carbons (Fsp3) is 0.136. The van der Waals surface area contributed by atoms with E-state index in [0.717, 1.165) is 4.90 Å². The van der Waals surface area contributed by atoms with Gasteiger partial charge in [0.1, 0.15) is 0 Å². The molecule has 0 aromatic heterocycles. The lowest BCUT2D eigenvalue weighted by Gasteiger charge is -2.15. The third kappa shape index (κ3) is 6.56. The molecule has 0 aliphatic heterocycles.